The minimum Gasteiger partial charge on any atom is -0.324 e. The number of anilines is 2. The molecule has 0 aromatic heterocycles. The third kappa shape index (κ3) is 4.80. The summed E-state index contributed by atoms with van der Waals surface area (Å²) in [6, 6.07) is 3.99. The Balaban J connectivity index is 1.90. The molecule has 3 rings (SSSR count). The summed E-state index contributed by atoms with van der Waals surface area (Å²) in [5.41, 5.74) is 0.331. The largest absolute Gasteiger partial charge is 0.409 e. The van der Waals surface area contributed by atoms with Crippen LogP contribution in [0, 0.1) is 0 Å². The molecule has 1 N–H and O–H groups in total. The first-order valence-electron chi connectivity index (χ1n) is 9.36. The summed E-state index contributed by atoms with van der Waals surface area (Å²) in [5.74, 6) is -1.37. The molecule has 1 aromatic carbocycles. The van der Waals surface area contributed by atoms with Gasteiger partial charge >= 0.3 is 6.18 Å². The van der Waals surface area contributed by atoms with Gasteiger partial charge in [0.25, 0.3) is 0 Å². The second-order valence-corrected chi connectivity index (χ2v) is 7.13. The maximum Gasteiger partial charge on any atom is 0.409 e. The number of carbonyl (C=O) groups is 2. The van der Waals surface area contributed by atoms with Gasteiger partial charge in [-0.15, -0.1) is 0 Å². The van der Waals surface area contributed by atoms with Gasteiger partial charge in [0.05, 0.1) is 24.3 Å². The van der Waals surface area contributed by atoms with E-state index in [1.165, 1.54) is 12.1 Å². The molecule has 1 saturated heterocycles. The van der Waals surface area contributed by atoms with Crippen LogP contribution in [0.15, 0.2) is 24.3 Å². The Morgan fingerprint density at radius 2 is 1.70 bits per heavy atom. The standard InChI is InChI=1S/C19H24F3N3O2/c20-19(21,22)16-12-17(26)23-14-8-4-5-9-15(14)25(16)18(27)13-24-10-6-2-1-3-7-11-24/h4-5,8-9,16H,1-3,6-7,10-13H2,(H,23,26)/t16-/m0/s1. The zero-order valence-corrected chi connectivity index (χ0v) is 15.1. The molecule has 0 spiro atoms. The molecule has 0 bridgehead atoms. The molecule has 2 heterocycles. The number of para-hydroxylation sites is 2. The zero-order valence-electron chi connectivity index (χ0n) is 15.1. The molecule has 1 aromatic rings. The number of hydrogen-bond donors (Lipinski definition) is 1. The highest BCUT2D eigenvalue weighted by atomic mass is 19.4. The predicted molar refractivity (Wildman–Crippen MR) is 96.5 cm³/mol. The van der Waals surface area contributed by atoms with Gasteiger partial charge in [-0.3, -0.25) is 19.4 Å². The first kappa shape index (κ1) is 19.7. The second kappa shape index (κ2) is 8.29. The van der Waals surface area contributed by atoms with Crippen molar-refractivity contribution in [3.63, 3.8) is 0 Å². The van der Waals surface area contributed by atoms with E-state index in [-0.39, 0.29) is 17.9 Å². The monoisotopic (exact) mass is 383 g/mol. The van der Waals surface area contributed by atoms with Crippen LogP contribution in [0.3, 0.4) is 0 Å². The van der Waals surface area contributed by atoms with Crippen molar-refractivity contribution >= 4 is 23.2 Å². The van der Waals surface area contributed by atoms with Crippen molar-refractivity contribution in [2.45, 2.75) is 50.7 Å². The number of alkyl halides is 3. The number of nitrogens with one attached hydrogen (secondary N) is 1. The van der Waals surface area contributed by atoms with Gasteiger partial charge in [0.1, 0.15) is 6.04 Å². The molecule has 0 aliphatic carbocycles. The lowest BCUT2D eigenvalue weighted by molar-refractivity contribution is -0.158. The number of hydrogen-bond acceptors (Lipinski definition) is 3. The number of fused-ring (bicyclic) bond motifs is 1. The van der Waals surface area contributed by atoms with Crippen molar-refractivity contribution in [3.05, 3.63) is 24.3 Å². The zero-order chi connectivity index (χ0) is 19.4. The van der Waals surface area contributed by atoms with Gasteiger partial charge < -0.3 is 5.32 Å². The molecule has 27 heavy (non-hydrogen) atoms. The Morgan fingerprint density at radius 3 is 2.37 bits per heavy atom. The average molecular weight is 383 g/mol. The van der Waals surface area contributed by atoms with Crippen molar-refractivity contribution < 1.29 is 22.8 Å². The van der Waals surface area contributed by atoms with Crippen LogP contribution in [-0.2, 0) is 9.59 Å². The van der Waals surface area contributed by atoms with Crippen LogP contribution in [-0.4, -0.2) is 48.6 Å². The van der Waals surface area contributed by atoms with E-state index in [0.29, 0.717) is 13.1 Å². The second-order valence-electron chi connectivity index (χ2n) is 7.13. The minimum absolute atomic E-state index is 0.0743. The van der Waals surface area contributed by atoms with Gasteiger partial charge in [0, 0.05) is 0 Å². The number of nitrogens with zero attached hydrogens (tertiary/aromatic N) is 2. The number of halogens is 3. The molecule has 1 atom stereocenters. The fourth-order valence-corrected chi connectivity index (χ4v) is 3.73. The van der Waals surface area contributed by atoms with Crippen molar-refractivity contribution in [2.75, 3.05) is 29.9 Å². The molecule has 0 unspecified atom stereocenters. The fourth-order valence-electron chi connectivity index (χ4n) is 3.73. The molecule has 2 amide bonds. The van der Waals surface area contributed by atoms with Crippen LogP contribution in [0.2, 0.25) is 0 Å². The van der Waals surface area contributed by atoms with Crippen LogP contribution in [0.5, 0.6) is 0 Å². The van der Waals surface area contributed by atoms with Crippen LogP contribution in [0.25, 0.3) is 0 Å². The van der Waals surface area contributed by atoms with Crippen LogP contribution in [0.1, 0.15) is 38.5 Å². The number of rotatable bonds is 2. The molecular formula is C19H24F3N3O2. The van der Waals surface area contributed by atoms with E-state index in [1.807, 2.05) is 4.90 Å². The molecule has 2 aliphatic rings. The van der Waals surface area contributed by atoms with Crippen molar-refractivity contribution in [3.8, 4) is 0 Å². The lowest BCUT2D eigenvalue weighted by Gasteiger charge is -2.34. The Morgan fingerprint density at radius 1 is 1.07 bits per heavy atom. The predicted octanol–water partition coefficient (Wildman–Crippen LogP) is 3.56. The third-order valence-corrected chi connectivity index (χ3v) is 5.08. The molecule has 5 nitrogen and oxygen atoms in total. The van der Waals surface area contributed by atoms with Crippen LogP contribution in [0.4, 0.5) is 24.5 Å². The van der Waals surface area contributed by atoms with E-state index in [4.69, 9.17) is 0 Å². The summed E-state index contributed by atoms with van der Waals surface area (Å²) >= 11 is 0. The van der Waals surface area contributed by atoms with Gasteiger partial charge in [-0.1, -0.05) is 31.4 Å². The van der Waals surface area contributed by atoms with Crippen LogP contribution < -0.4 is 10.2 Å². The first-order chi connectivity index (χ1) is 12.9. The molecule has 2 aliphatic heterocycles. The van der Waals surface area contributed by atoms with E-state index in [0.717, 1.165) is 37.0 Å². The lowest BCUT2D eigenvalue weighted by Crippen LogP contribution is -2.52. The molecule has 0 saturated carbocycles. The van der Waals surface area contributed by atoms with Gasteiger partial charge in [-0.05, 0) is 38.1 Å². The highest BCUT2D eigenvalue weighted by Gasteiger charge is 2.49. The van der Waals surface area contributed by atoms with Crippen molar-refractivity contribution in [1.82, 2.24) is 4.90 Å². The fraction of sp³-hybridized carbons (Fsp3) is 0.579. The summed E-state index contributed by atoms with van der Waals surface area (Å²) in [4.78, 5) is 27.7. The topological polar surface area (TPSA) is 52.7 Å². The number of benzene rings is 1. The van der Waals surface area contributed by atoms with Gasteiger partial charge in [-0.2, -0.15) is 13.2 Å². The third-order valence-electron chi connectivity index (χ3n) is 5.08. The van der Waals surface area contributed by atoms with E-state index in [1.54, 1.807) is 12.1 Å². The Bertz CT molecular complexity index is 685. The summed E-state index contributed by atoms with van der Waals surface area (Å²) in [7, 11) is 0. The summed E-state index contributed by atoms with van der Waals surface area (Å²) in [5, 5.41) is 2.48. The maximum atomic E-state index is 13.7. The van der Waals surface area contributed by atoms with Gasteiger partial charge in [0.2, 0.25) is 11.8 Å². The molecule has 8 heteroatoms. The van der Waals surface area contributed by atoms with Gasteiger partial charge in [-0.25, -0.2) is 0 Å². The minimum atomic E-state index is -4.69. The van der Waals surface area contributed by atoms with E-state index in [2.05, 4.69) is 5.32 Å². The number of amides is 2. The molecule has 1 fully saturated rings. The van der Waals surface area contributed by atoms with Gasteiger partial charge in [0.15, 0.2) is 0 Å². The SMILES string of the molecule is O=C1C[C@@H](C(F)(F)F)N(C(=O)CN2CCCCCCC2)c2ccccc2N1. The van der Waals surface area contributed by atoms with E-state index in [9.17, 15) is 22.8 Å². The van der Waals surface area contributed by atoms with Crippen LogP contribution >= 0.6 is 0 Å². The highest BCUT2D eigenvalue weighted by Crippen LogP contribution is 2.37. The number of likely N-dealkylation sites (tertiary alicyclic amines) is 1. The average Bonchev–Trinajstić information content (AvgIpc) is 2.72. The quantitative estimate of drug-likeness (QED) is 0.850. The molecule has 148 valence electrons. The van der Waals surface area contributed by atoms with Crippen molar-refractivity contribution in [1.29, 1.82) is 0 Å². The number of carbonyl (C=O) groups excluding carboxylic acids is 2. The Kier molecular flexibility index (Phi) is 6.04. The Hall–Kier alpha value is -2.09. The first-order valence-corrected chi connectivity index (χ1v) is 9.36. The van der Waals surface area contributed by atoms with E-state index < -0.39 is 30.5 Å². The Labute approximate surface area is 156 Å². The highest BCUT2D eigenvalue weighted by molar-refractivity contribution is 6.05. The summed E-state index contributed by atoms with van der Waals surface area (Å²) < 4.78 is 41.1. The smallest absolute Gasteiger partial charge is 0.324 e. The van der Waals surface area contributed by atoms with Crippen molar-refractivity contribution in [2.24, 2.45) is 0 Å². The summed E-state index contributed by atoms with van der Waals surface area (Å²) in [6.45, 7) is 1.33. The molecular weight excluding hydrogens is 359 g/mol. The maximum absolute atomic E-state index is 13.7. The summed E-state index contributed by atoms with van der Waals surface area (Å²) in [6.07, 6.45) is -0.323. The normalized spacial score (nSPS) is 22.3. The lowest BCUT2D eigenvalue weighted by atomic mass is 10.1. The molecule has 0 radical (unpaired) electrons. The van der Waals surface area contributed by atoms with E-state index >= 15 is 0 Å².